The first-order chi connectivity index (χ1) is 13.2. The van der Waals surface area contributed by atoms with E-state index in [9.17, 15) is 4.79 Å². The highest BCUT2D eigenvalue weighted by molar-refractivity contribution is 7.99. The van der Waals surface area contributed by atoms with E-state index in [2.05, 4.69) is 22.4 Å². The van der Waals surface area contributed by atoms with Gasteiger partial charge in [0.05, 0.1) is 6.54 Å². The Balaban J connectivity index is 1.79. The molecule has 1 aromatic heterocycles. The van der Waals surface area contributed by atoms with Crippen LogP contribution in [0.2, 0.25) is 0 Å². The lowest BCUT2D eigenvalue weighted by molar-refractivity contribution is 0.0949. The molecule has 1 N–H and O–H groups in total. The highest BCUT2D eigenvalue weighted by atomic mass is 32.2. The van der Waals surface area contributed by atoms with Crippen LogP contribution in [0.15, 0.2) is 59.8 Å². The van der Waals surface area contributed by atoms with Gasteiger partial charge in [-0.2, -0.15) is 0 Å². The van der Waals surface area contributed by atoms with E-state index in [4.69, 9.17) is 0 Å². The SMILES string of the molecule is CCCCSc1nnc(CNC(=O)c2cccc(C)c2)n1-c1ccccc1. The second kappa shape index (κ2) is 9.37. The normalized spacial score (nSPS) is 10.7. The maximum absolute atomic E-state index is 12.5. The summed E-state index contributed by atoms with van der Waals surface area (Å²) in [6.45, 7) is 4.47. The standard InChI is InChI=1S/C21H24N4OS/c1-3-4-13-27-21-24-23-19(25(21)18-11-6-5-7-12-18)15-22-20(26)17-10-8-9-16(2)14-17/h5-12,14H,3-4,13,15H2,1-2H3,(H,22,26). The van der Waals surface area contributed by atoms with Crippen molar-refractivity contribution in [1.82, 2.24) is 20.1 Å². The van der Waals surface area contributed by atoms with E-state index >= 15 is 0 Å². The van der Waals surface area contributed by atoms with Crippen LogP contribution in [0.3, 0.4) is 0 Å². The maximum atomic E-state index is 12.5. The second-order valence-corrected chi connectivity index (χ2v) is 7.39. The van der Waals surface area contributed by atoms with Gasteiger partial charge in [-0.15, -0.1) is 10.2 Å². The van der Waals surface area contributed by atoms with Gasteiger partial charge in [0.25, 0.3) is 5.91 Å². The fourth-order valence-corrected chi connectivity index (χ4v) is 3.75. The largest absolute Gasteiger partial charge is 0.345 e. The molecule has 0 aliphatic carbocycles. The molecule has 1 amide bonds. The van der Waals surface area contributed by atoms with Crippen LogP contribution in [-0.4, -0.2) is 26.4 Å². The van der Waals surface area contributed by atoms with E-state index in [1.807, 2.05) is 66.1 Å². The monoisotopic (exact) mass is 380 g/mol. The maximum Gasteiger partial charge on any atom is 0.251 e. The molecule has 3 rings (SSSR count). The summed E-state index contributed by atoms with van der Waals surface area (Å²) >= 11 is 1.70. The van der Waals surface area contributed by atoms with Crippen LogP contribution in [0, 0.1) is 6.92 Å². The number of nitrogens with zero attached hydrogens (tertiary/aromatic N) is 3. The molecule has 0 unspecified atom stereocenters. The Labute approximate surface area is 164 Å². The smallest absolute Gasteiger partial charge is 0.251 e. The minimum Gasteiger partial charge on any atom is -0.345 e. The Morgan fingerprint density at radius 1 is 1.11 bits per heavy atom. The summed E-state index contributed by atoms with van der Waals surface area (Å²) in [7, 11) is 0. The first-order valence-electron chi connectivity index (χ1n) is 9.16. The summed E-state index contributed by atoms with van der Waals surface area (Å²) in [5, 5.41) is 12.5. The van der Waals surface area contributed by atoms with Crippen LogP contribution in [0.4, 0.5) is 0 Å². The molecule has 1 heterocycles. The summed E-state index contributed by atoms with van der Waals surface area (Å²) in [6.07, 6.45) is 2.28. The topological polar surface area (TPSA) is 59.8 Å². The molecular formula is C21H24N4OS. The summed E-state index contributed by atoms with van der Waals surface area (Å²) in [6, 6.07) is 17.6. The third kappa shape index (κ3) is 4.98. The molecule has 5 nitrogen and oxygen atoms in total. The molecule has 6 heteroatoms. The average Bonchev–Trinajstić information content (AvgIpc) is 3.10. The predicted molar refractivity (Wildman–Crippen MR) is 109 cm³/mol. The number of para-hydroxylation sites is 1. The van der Waals surface area contributed by atoms with Gasteiger partial charge in [-0.3, -0.25) is 9.36 Å². The van der Waals surface area contributed by atoms with Crippen LogP contribution in [-0.2, 0) is 6.54 Å². The number of hydrogen-bond acceptors (Lipinski definition) is 4. The van der Waals surface area contributed by atoms with Crippen molar-refractivity contribution in [2.75, 3.05) is 5.75 Å². The molecule has 0 atom stereocenters. The number of rotatable bonds is 8. The summed E-state index contributed by atoms with van der Waals surface area (Å²) in [4.78, 5) is 12.5. The van der Waals surface area contributed by atoms with Crippen molar-refractivity contribution in [1.29, 1.82) is 0 Å². The number of unbranched alkanes of at least 4 members (excludes halogenated alkanes) is 1. The first-order valence-corrected chi connectivity index (χ1v) is 10.1. The quantitative estimate of drug-likeness (QED) is 0.465. The van der Waals surface area contributed by atoms with E-state index in [0.717, 1.165) is 40.8 Å². The molecule has 0 fully saturated rings. The Hall–Kier alpha value is -2.60. The lowest BCUT2D eigenvalue weighted by atomic mass is 10.1. The van der Waals surface area contributed by atoms with Crippen LogP contribution in [0.1, 0.15) is 41.5 Å². The third-order valence-electron chi connectivity index (χ3n) is 4.13. The van der Waals surface area contributed by atoms with Gasteiger partial charge < -0.3 is 5.32 Å². The van der Waals surface area contributed by atoms with Gasteiger partial charge in [-0.05, 0) is 37.6 Å². The zero-order chi connectivity index (χ0) is 19.1. The average molecular weight is 381 g/mol. The van der Waals surface area contributed by atoms with E-state index in [1.165, 1.54) is 0 Å². The van der Waals surface area contributed by atoms with Crippen molar-refractivity contribution in [2.24, 2.45) is 0 Å². The number of nitrogens with one attached hydrogen (secondary N) is 1. The zero-order valence-corrected chi connectivity index (χ0v) is 16.5. The number of carbonyl (C=O) groups is 1. The molecule has 140 valence electrons. The van der Waals surface area contributed by atoms with Crippen molar-refractivity contribution in [3.8, 4) is 5.69 Å². The number of thioether (sulfide) groups is 1. The Bertz CT molecular complexity index is 892. The van der Waals surface area contributed by atoms with Crippen molar-refractivity contribution < 1.29 is 4.79 Å². The molecule has 3 aromatic rings. The van der Waals surface area contributed by atoms with Gasteiger partial charge in [0.15, 0.2) is 11.0 Å². The summed E-state index contributed by atoms with van der Waals surface area (Å²) in [5.74, 6) is 1.61. The minimum atomic E-state index is -0.110. The number of benzene rings is 2. The summed E-state index contributed by atoms with van der Waals surface area (Å²) in [5.41, 5.74) is 2.71. The zero-order valence-electron chi connectivity index (χ0n) is 15.7. The number of aryl methyl sites for hydroxylation is 1. The van der Waals surface area contributed by atoms with E-state index in [-0.39, 0.29) is 5.91 Å². The van der Waals surface area contributed by atoms with Crippen molar-refractivity contribution in [3.05, 3.63) is 71.5 Å². The van der Waals surface area contributed by atoms with Crippen LogP contribution < -0.4 is 5.32 Å². The molecule has 0 aliphatic heterocycles. The van der Waals surface area contributed by atoms with Gasteiger partial charge in [-0.25, -0.2) is 0 Å². The minimum absolute atomic E-state index is 0.110. The Kier molecular flexibility index (Phi) is 6.65. The lowest BCUT2D eigenvalue weighted by Crippen LogP contribution is -2.24. The second-order valence-electron chi connectivity index (χ2n) is 6.32. The Morgan fingerprint density at radius 3 is 2.67 bits per heavy atom. The molecule has 0 saturated heterocycles. The molecule has 0 spiro atoms. The fourth-order valence-electron chi connectivity index (χ4n) is 2.70. The first kappa shape index (κ1) is 19.2. The molecule has 2 aromatic carbocycles. The highest BCUT2D eigenvalue weighted by Gasteiger charge is 2.15. The van der Waals surface area contributed by atoms with Gasteiger partial charge in [0.2, 0.25) is 0 Å². The van der Waals surface area contributed by atoms with Gasteiger partial charge >= 0.3 is 0 Å². The molecular weight excluding hydrogens is 356 g/mol. The number of aromatic nitrogens is 3. The van der Waals surface area contributed by atoms with E-state index < -0.39 is 0 Å². The van der Waals surface area contributed by atoms with Gasteiger partial charge in [0, 0.05) is 17.0 Å². The number of hydrogen-bond donors (Lipinski definition) is 1. The predicted octanol–water partition coefficient (Wildman–Crippen LogP) is 4.40. The summed E-state index contributed by atoms with van der Waals surface area (Å²) < 4.78 is 2.02. The van der Waals surface area contributed by atoms with Crippen LogP contribution in [0.25, 0.3) is 5.69 Å². The molecule has 0 aliphatic rings. The lowest BCUT2D eigenvalue weighted by Gasteiger charge is -2.11. The van der Waals surface area contributed by atoms with E-state index in [0.29, 0.717) is 12.1 Å². The molecule has 27 heavy (non-hydrogen) atoms. The van der Waals surface area contributed by atoms with Crippen molar-refractivity contribution in [2.45, 2.75) is 38.4 Å². The fraction of sp³-hybridized carbons (Fsp3) is 0.286. The Morgan fingerprint density at radius 2 is 1.93 bits per heavy atom. The van der Waals surface area contributed by atoms with Crippen molar-refractivity contribution in [3.63, 3.8) is 0 Å². The number of amides is 1. The van der Waals surface area contributed by atoms with Gasteiger partial charge in [0.1, 0.15) is 0 Å². The van der Waals surface area contributed by atoms with Crippen LogP contribution >= 0.6 is 11.8 Å². The van der Waals surface area contributed by atoms with Crippen LogP contribution in [0.5, 0.6) is 0 Å². The third-order valence-corrected chi connectivity index (χ3v) is 5.15. The van der Waals surface area contributed by atoms with Gasteiger partial charge in [-0.1, -0.05) is 61.0 Å². The molecule has 0 radical (unpaired) electrons. The van der Waals surface area contributed by atoms with E-state index in [1.54, 1.807) is 11.8 Å². The number of carbonyl (C=O) groups excluding carboxylic acids is 1. The molecule has 0 bridgehead atoms. The molecule has 0 saturated carbocycles. The highest BCUT2D eigenvalue weighted by Crippen LogP contribution is 2.23. The van der Waals surface area contributed by atoms with Crippen molar-refractivity contribution >= 4 is 17.7 Å².